The summed E-state index contributed by atoms with van der Waals surface area (Å²) in [5.74, 6) is -0.498. The molecule has 7 heteroatoms. The van der Waals surface area contributed by atoms with Crippen LogP contribution in [0.25, 0.3) is 0 Å². The number of hydrogen-bond donors (Lipinski definition) is 2. The summed E-state index contributed by atoms with van der Waals surface area (Å²) in [4.78, 5) is 23.4. The first-order valence-corrected chi connectivity index (χ1v) is 8.44. The maximum atomic E-state index is 14.7. The Morgan fingerprint density at radius 1 is 1.04 bits per heavy atom. The summed E-state index contributed by atoms with van der Waals surface area (Å²) >= 11 is 0. The highest BCUT2D eigenvalue weighted by molar-refractivity contribution is 5.99. The zero-order valence-corrected chi connectivity index (χ0v) is 14.4. The van der Waals surface area contributed by atoms with Crippen LogP contribution in [0, 0.1) is 11.6 Å². The van der Waals surface area contributed by atoms with Crippen LogP contribution in [0.4, 0.5) is 8.78 Å². The van der Waals surface area contributed by atoms with Gasteiger partial charge in [0, 0.05) is 12.3 Å². The van der Waals surface area contributed by atoms with Crippen LogP contribution in [0.3, 0.4) is 0 Å². The molecule has 0 spiro atoms. The molecular weight excluding hydrogens is 350 g/mol. The van der Waals surface area contributed by atoms with E-state index in [-0.39, 0.29) is 11.3 Å². The molecule has 2 atom stereocenters. The van der Waals surface area contributed by atoms with Gasteiger partial charge in [0.1, 0.15) is 23.2 Å². The molecular formula is C20H16F2N4O. The van der Waals surface area contributed by atoms with Crippen molar-refractivity contribution in [3.8, 4) is 0 Å². The summed E-state index contributed by atoms with van der Waals surface area (Å²) in [6, 6.07) is 12.9. The lowest BCUT2D eigenvalue weighted by Gasteiger charge is -2.30. The van der Waals surface area contributed by atoms with Gasteiger partial charge in [0.25, 0.3) is 0 Å². The van der Waals surface area contributed by atoms with Gasteiger partial charge in [0.15, 0.2) is 5.54 Å². The minimum absolute atomic E-state index is 0.130. The molecule has 0 fully saturated rings. The number of H-pyrrole nitrogens is 1. The number of nitrogens with zero attached hydrogens (tertiary/aromatic N) is 2. The van der Waals surface area contributed by atoms with Crippen molar-refractivity contribution in [3.63, 3.8) is 0 Å². The summed E-state index contributed by atoms with van der Waals surface area (Å²) in [7, 11) is 0. The smallest absolute Gasteiger partial charge is 0.248 e. The Labute approximate surface area is 153 Å². The summed E-state index contributed by atoms with van der Waals surface area (Å²) < 4.78 is 28.2. The lowest BCUT2D eigenvalue weighted by molar-refractivity contribution is 0.417. The number of pyridine rings is 2. The minimum Gasteiger partial charge on any atom is -0.363 e. The van der Waals surface area contributed by atoms with Gasteiger partial charge in [-0.1, -0.05) is 18.2 Å². The Hall–Kier alpha value is -3.35. The number of aliphatic imine (C=N–C) groups is 1. The summed E-state index contributed by atoms with van der Waals surface area (Å²) in [5.41, 5.74) is -0.275. The average molecular weight is 366 g/mol. The highest BCUT2D eigenvalue weighted by Crippen LogP contribution is 2.40. The first kappa shape index (κ1) is 17.1. The summed E-state index contributed by atoms with van der Waals surface area (Å²) in [6.07, 6.45) is 1.49. The molecule has 0 bridgehead atoms. The molecule has 3 heterocycles. The first-order valence-electron chi connectivity index (χ1n) is 8.44. The van der Waals surface area contributed by atoms with Gasteiger partial charge in [-0.05, 0) is 42.8 Å². The van der Waals surface area contributed by atoms with Gasteiger partial charge in [0.05, 0.1) is 11.7 Å². The fourth-order valence-electron chi connectivity index (χ4n) is 3.42. The Bertz CT molecular complexity index is 1080. The Morgan fingerprint density at radius 2 is 1.81 bits per heavy atom. The van der Waals surface area contributed by atoms with Crippen LogP contribution in [0.5, 0.6) is 0 Å². The van der Waals surface area contributed by atoms with Crippen LogP contribution < -0.4 is 10.9 Å². The quantitative estimate of drug-likeness (QED) is 0.749. The molecule has 0 saturated carbocycles. The molecule has 1 aliphatic rings. The number of nitrogens with one attached hydrogen (secondary N) is 2. The van der Waals surface area contributed by atoms with E-state index in [0.29, 0.717) is 17.1 Å². The number of hydrogen-bond acceptors (Lipinski definition) is 4. The normalized spacial score (nSPS) is 21.6. The fraction of sp³-hybridized carbons (Fsp3) is 0.150. The SMILES string of the molecule is C[C@@H]1NC(c2cccc(=O)[nH]2)=N[C@]1(c1ccc(F)cc1)c1ncccc1F. The van der Waals surface area contributed by atoms with E-state index in [2.05, 4.69) is 15.3 Å². The van der Waals surface area contributed by atoms with E-state index in [1.807, 2.05) is 6.92 Å². The molecule has 0 radical (unpaired) electrons. The van der Waals surface area contributed by atoms with Crippen molar-refractivity contribution in [2.75, 3.05) is 0 Å². The van der Waals surface area contributed by atoms with Crippen molar-refractivity contribution in [2.24, 2.45) is 4.99 Å². The number of halogens is 2. The van der Waals surface area contributed by atoms with Crippen LogP contribution in [0.1, 0.15) is 23.9 Å². The van der Waals surface area contributed by atoms with Crippen LogP contribution in [-0.4, -0.2) is 21.8 Å². The lowest BCUT2D eigenvalue weighted by Crippen LogP contribution is -2.42. The van der Waals surface area contributed by atoms with Crippen LogP contribution in [0.15, 0.2) is 70.6 Å². The predicted octanol–water partition coefficient (Wildman–Crippen LogP) is 2.73. The van der Waals surface area contributed by atoms with Gasteiger partial charge in [-0.25, -0.2) is 13.8 Å². The Morgan fingerprint density at radius 3 is 2.52 bits per heavy atom. The maximum Gasteiger partial charge on any atom is 0.248 e. The van der Waals surface area contributed by atoms with E-state index in [0.717, 1.165) is 0 Å². The molecule has 2 N–H and O–H groups in total. The van der Waals surface area contributed by atoms with Crippen LogP contribution in [0.2, 0.25) is 0 Å². The van der Waals surface area contributed by atoms with Gasteiger partial charge < -0.3 is 10.3 Å². The van der Waals surface area contributed by atoms with E-state index in [1.165, 1.54) is 36.5 Å². The third kappa shape index (κ3) is 2.81. The molecule has 0 amide bonds. The van der Waals surface area contributed by atoms with Crippen molar-refractivity contribution in [1.82, 2.24) is 15.3 Å². The molecule has 1 aliphatic heterocycles. The zero-order chi connectivity index (χ0) is 19.0. The minimum atomic E-state index is -1.21. The molecule has 2 aromatic heterocycles. The third-order valence-corrected chi connectivity index (χ3v) is 4.70. The van der Waals surface area contributed by atoms with Gasteiger partial charge >= 0.3 is 0 Å². The fourth-order valence-corrected chi connectivity index (χ4v) is 3.42. The van der Waals surface area contributed by atoms with Crippen molar-refractivity contribution < 1.29 is 8.78 Å². The van der Waals surface area contributed by atoms with E-state index in [4.69, 9.17) is 4.99 Å². The number of benzene rings is 1. The number of aromatic nitrogens is 2. The number of amidine groups is 1. The Kier molecular flexibility index (Phi) is 4.07. The highest BCUT2D eigenvalue weighted by Gasteiger charge is 2.48. The van der Waals surface area contributed by atoms with Crippen LogP contribution in [-0.2, 0) is 5.54 Å². The molecule has 3 aromatic rings. The molecule has 1 aromatic carbocycles. The van der Waals surface area contributed by atoms with E-state index >= 15 is 0 Å². The molecule has 136 valence electrons. The maximum absolute atomic E-state index is 14.7. The second-order valence-electron chi connectivity index (χ2n) is 6.36. The van der Waals surface area contributed by atoms with Crippen molar-refractivity contribution in [3.05, 3.63) is 99.7 Å². The van der Waals surface area contributed by atoms with E-state index < -0.39 is 23.2 Å². The number of rotatable bonds is 3. The standard InChI is InChI=1S/C20H16F2N4O/c1-12-20(13-7-9-14(21)10-8-13,18-15(22)4-3-11-23-18)26-19(24-12)16-5-2-6-17(27)25-16/h2-12H,1H3,(H,24,26)(H,25,27)/t12-,20+/m0/s1. The molecule has 5 nitrogen and oxygen atoms in total. The van der Waals surface area contributed by atoms with E-state index in [1.54, 1.807) is 24.3 Å². The summed E-state index contributed by atoms with van der Waals surface area (Å²) in [5, 5.41) is 3.21. The largest absolute Gasteiger partial charge is 0.363 e. The van der Waals surface area contributed by atoms with Crippen molar-refractivity contribution >= 4 is 5.84 Å². The molecule has 0 aliphatic carbocycles. The number of aromatic amines is 1. The predicted molar refractivity (Wildman–Crippen MR) is 97.6 cm³/mol. The van der Waals surface area contributed by atoms with Gasteiger partial charge in [-0.3, -0.25) is 9.78 Å². The lowest BCUT2D eigenvalue weighted by atomic mass is 9.81. The van der Waals surface area contributed by atoms with Crippen molar-refractivity contribution in [2.45, 2.75) is 18.5 Å². The summed E-state index contributed by atoms with van der Waals surface area (Å²) in [6.45, 7) is 1.84. The zero-order valence-electron chi connectivity index (χ0n) is 14.4. The Balaban J connectivity index is 1.97. The molecule has 4 rings (SSSR count). The first-order chi connectivity index (χ1) is 13.0. The van der Waals surface area contributed by atoms with Crippen LogP contribution >= 0.6 is 0 Å². The monoisotopic (exact) mass is 366 g/mol. The van der Waals surface area contributed by atoms with Gasteiger partial charge in [-0.15, -0.1) is 0 Å². The third-order valence-electron chi connectivity index (χ3n) is 4.70. The average Bonchev–Trinajstić information content (AvgIpc) is 3.01. The highest BCUT2D eigenvalue weighted by atomic mass is 19.1. The second-order valence-corrected chi connectivity index (χ2v) is 6.36. The molecule has 0 unspecified atom stereocenters. The van der Waals surface area contributed by atoms with E-state index in [9.17, 15) is 13.6 Å². The van der Waals surface area contributed by atoms with Gasteiger partial charge in [-0.2, -0.15) is 0 Å². The topological polar surface area (TPSA) is 70.1 Å². The van der Waals surface area contributed by atoms with Gasteiger partial charge in [0.2, 0.25) is 5.56 Å². The second kappa shape index (κ2) is 6.42. The molecule has 0 saturated heterocycles. The molecule has 27 heavy (non-hydrogen) atoms. The van der Waals surface area contributed by atoms with Crippen molar-refractivity contribution in [1.29, 1.82) is 0 Å².